The summed E-state index contributed by atoms with van der Waals surface area (Å²) in [6, 6.07) is 4.94. The van der Waals surface area contributed by atoms with Crippen LogP contribution in [-0.4, -0.2) is 70.5 Å². The highest BCUT2D eigenvalue weighted by Crippen LogP contribution is 2.32. The van der Waals surface area contributed by atoms with Crippen molar-refractivity contribution in [3.05, 3.63) is 35.0 Å². The third-order valence-corrected chi connectivity index (χ3v) is 4.37. The number of benzene rings is 1. The maximum atomic E-state index is 12.6. The summed E-state index contributed by atoms with van der Waals surface area (Å²) in [6.07, 6.45) is 0. The number of amides is 1. The van der Waals surface area contributed by atoms with Gasteiger partial charge in [0, 0.05) is 12.7 Å². The van der Waals surface area contributed by atoms with Crippen LogP contribution in [0.25, 0.3) is 0 Å². The number of hydrogen-bond acceptors (Lipinski definition) is 8. The third-order valence-electron chi connectivity index (χ3n) is 4.37. The molecule has 0 bridgehead atoms. The molecule has 0 unspecified atom stereocenters. The summed E-state index contributed by atoms with van der Waals surface area (Å²) in [5.74, 6) is -1.12. The second-order valence-corrected chi connectivity index (χ2v) is 5.97. The summed E-state index contributed by atoms with van der Waals surface area (Å²) in [6.45, 7) is 0.786. The van der Waals surface area contributed by atoms with E-state index in [0.717, 1.165) is 0 Å². The number of esters is 2. The first-order valence-corrected chi connectivity index (χ1v) is 8.25. The van der Waals surface area contributed by atoms with Gasteiger partial charge in [-0.1, -0.05) is 0 Å². The second kappa shape index (κ2) is 7.67. The standard InChI is InChI=1S/C18H20N2O7/c1-19-6-7-27-14-5-4-11(8-12(14)16(19)21)20-10-26-9-13(17(22)24-2)15(20)18(23)25-3/h4-5,8H,6-7,9-10H2,1-3H3. The van der Waals surface area contributed by atoms with Crippen molar-refractivity contribution < 1.29 is 33.3 Å². The van der Waals surface area contributed by atoms with Gasteiger partial charge in [0.25, 0.3) is 5.91 Å². The van der Waals surface area contributed by atoms with E-state index >= 15 is 0 Å². The Morgan fingerprint density at radius 1 is 1.15 bits per heavy atom. The summed E-state index contributed by atoms with van der Waals surface area (Å²) >= 11 is 0. The topological polar surface area (TPSA) is 94.6 Å². The normalized spacial score (nSPS) is 17.1. The van der Waals surface area contributed by atoms with Gasteiger partial charge in [-0.2, -0.15) is 0 Å². The summed E-state index contributed by atoms with van der Waals surface area (Å²) in [7, 11) is 4.13. The number of nitrogens with zero attached hydrogens (tertiary/aromatic N) is 2. The van der Waals surface area contributed by atoms with Crippen LogP contribution in [0.4, 0.5) is 5.69 Å². The fourth-order valence-corrected chi connectivity index (χ4v) is 2.93. The molecule has 3 rings (SSSR count). The maximum absolute atomic E-state index is 12.6. The van der Waals surface area contributed by atoms with Crippen LogP contribution in [0, 0.1) is 0 Å². The van der Waals surface area contributed by atoms with Crippen LogP contribution in [0.2, 0.25) is 0 Å². The van der Waals surface area contributed by atoms with E-state index in [1.165, 1.54) is 19.1 Å². The van der Waals surface area contributed by atoms with Crippen molar-refractivity contribution in [2.45, 2.75) is 0 Å². The molecule has 1 aromatic carbocycles. The van der Waals surface area contributed by atoms with Gasteiger partial charge in [-0.05, 0) is 18.2 Å². The molecule has 2 aliphatic heterocycles. The van der Waals surface area contributed by atoms with Crippen LogP contribution < -0.4 is 9.64 Å². The molecule has 0 atom stereocenters. The molecule has 0 aliphatic carbocycles. The van der Waals surface area contributed by atoms with Gasteiger partial charge < -0.3 is 28.7 Å². The highest BCUT2D eigenvalue weighted by atomic mass is 16.5. The molecule has 2 heterocycles. The number of methoxy groups -OCH3 is 2. The van der Waals surface area contributed by atoms with E-state index in [2.05, 4.69) is 0 Å². The Labute approximate surface area is 156 Å². The molecule has 0 fully saturated rings. The van der Waals surface area contributed by atoms with E-state index in [4.69, 9.17) is 18.9 Å². The van der Waals surface area contributed by atoms with E-state index < -0.39 is 11.9 Å². The molecular weight excluding hydrogens is 356 g/mol. The van der Waals surface area contributed by atoms with Gasteiger partial charge in [0.15, 0.2) is 0 Å². The van der Waals surface area contributed by atoms with Gasteiger partial charge in [-0.15, -0.1) is 0 Å². The first kappa shape index (κ1) is 18.7. The summed E-state index contributed by atoms with van der Waals surface area (Å²) in [5.41, 5.74) is 0.917. The van der Waals surface area contributed by atoms with Crippen LogP contribution in [0.15, 0.2) is 29.5 Å². The van der Waals surface area contributed by atoms with Crippen molar-refractivity contribution >= 4 is 23.5 Å². The van der Waals surface area contributed by atoms with Crippen LogP contribution in [0.1, 0.15) is 10.4 Å². The lowest BCUT2D eigenvalue weighted by Crippen LogP contribution is -2.39. The van der Waals surface area contributed by atoms with E-state index in [0.29, 0.717) is 30.2 Å². The molecule has 2 aliphatic rings. The summed E-state index contributed by atoms with van der Waals surface area (Å²) in [5, 5.41) is 0. The number of likely N-dealkylation sites (N-methyl/N-ethyl adjacent to an activating group) is 1. The molecule has 9 heteroatoms. The molecule has 0 saturated heterocycles. The lowest BCUT2D eigenvalue weighted by molar-refractivity contribution is -0.140. The Hall–Kier alpha value is -3.07. The van der Waals surface area contributed by atoms with Crippen LogP contribution in [-0.2, 0) is 23.8 Å². The summed E-state index contributed by atoms with van der Waals surface area (Å²) < 4.78 is 20.6. The fraction of sp³-hybridized carbons (Fsp3) is 0.389. The number of carbonyl (C=O) groups is 3. The highest BCUT2D eigenvalue weighted by molar-refractivity contribution is 6.04. The minimum Gasteiger partial charge on any atom is -0.491 e. The Morgan fingerprint density at radius 3 is 2.59 bits per heavy atom. The average molecular weight is 376 g/mol. The molecule has 0 N–H and O–H groups in total. The zero-order valence-electron chi connectivity index (χ0n) is 15.3. The average Bonchev–Trinajstić information content (AvgIpc) is 2.84. The van der Waals surface area contributed by atoms with E-state index in [1.54, 1.807) is 30.1 Å². The molecule has 0 saturated carbocycles. The fourth-order valence-electron chi connectivity index (χ4n) is 2.93. The minimum atomic E-state index is -0.701. The first-order chi connectivity index (χ1) is 13.0. The van der Waals surface area contributed by atoms with Gasteiger partial charge in [0.2, 0.25) is 0 Å². The Balaban J connectivity index is 2.09. The molecule has 0 aromatic heterocycles. The Kier molecular flexibility index (Phi) is 5.31. The number of ether oxygens (including phenoxy) is 4. The molecule has 144 valence electrons. The SMILES string of the molecule is COC(=O)C1=C(C(=O)OC)N(c2ccc3c(c2)C(=O)N(C)CCO3)COC1. The third kappa shape index (κ3) is 3.45. The zero-order chi connectivity index (χ0) is 19.6. The van der Waals surface area contributed by atoms with Crippen molar-refractivity contribution in [1.29, 1.82) is 0 Å². The quantitative estimate of drug-likeness (QED) is 0.706. The van der Waals surface area contributed by atoms with Crippen molar-refractivity contribution in [2.24, 2.45) is 0 Å². The largest absolute Gasteiger partial charge is 0.491 e. The van der Waals surface area contributed by atoms with Gasteiger partial charge in [-0.25, -0.2) is 9.59 Å². The molecule has 1 amide bonds. The van der Waals surface area contributed by atoms with E-state index in [1.807, 2.05) is 0 Å². The van der Waals surface area contributed by atoms with Crippen molar-refractivity contribution in [1.82, 2.24) is 4.90 Å². The van der Waals surface area contributed by atoms with Crippen molar-refractivity contribution in [3.63, 3.8) is 0 Å². The Bertz CT molecular complexity index is 818. The number of rotatable bonds is 3. The second-order valence-electron chi connectivity index (χ2n) is 5.97. The van der Waals surface area contributed by atoms with Crippen molar-refractivity contribution in [2.75, 3.05) is 52.7 Å². The van der Waals surface area contributed by atoms with Crippen LogP contribution >= 0.6 is 0 Å². The van der Waals surface area contributed by atoms with Gasteiger partial charge in [0.1, 0.15) is 24.8 Å². The predicted molar refractivity (Wildman–Crippen MR) is 93.3 cm³/mol. The maximum Gasteiger partial charge on any atom is 0.355 e. The molecule has 0 spiro atoms. The molecular formula is C18H20N2O7. The summed E-state index contributed by atoms with van der Waals surface area (Å²) in [4.78, 5) is 40.0. The molecule has 1 aromatic rings. The molecule has 0 radical (unpaired) electrons. The lowest BCUT2D eigenvalue weighted by Gasteiger charge is -2.31. The highest BCUT2D eigenvalue weighted by Gasteiger charge is 2.33. The zero-order valence-corrected chi connectivity index (χ0v) is 15.3. The van der Waals surface area contributed by atoms with Gasteiger partial charge >= 0.3 is 11.9 Å². The number of anilines is 1. The monoisotopic (exact) mass is 376 g/mol. The van der Waals surface area contributed by atoms with E-state index in [-0.39, 0.29) is 30.5 Å². The number of hydrogen-bond donors (Lipinski definition) is 0. The lowest BCUT2D eigenvalue weighted by atomic mass is 10.1. The number of fused-ring (bicyclic) bond motifs is 1. The van der Waals surface area contributed by atoms with E-state index in [9.17, 15) is 14.4 Å². The first-order valence-electron chi connectivity index (χ1n) is 8.25. The molecule has 9 nitrogen and oxygen atoms in total. The van der Waals surface area contributed by atoms with Gasteiger partial charge in [-0.3, -0.25) is 4.79 Å². The van der Waals surface area contributed by atoms with Crippen LogP contribution in [0.5, 0.6) is 5.75 Å². The van der Waals surface area contributed by atoms with Crippen molar-refractivity contribution in [3.8, 4) is 5.75 Å². The Morgan fingerprint density at radius 2 is 1.89 bits per heavy atom. The number of carbonyl (C=O) groups excluding carboxylic acids is 3. The predicted octanol–water partition coefficient (Wildman–Crippen LogP) is 0.545. The van der Waals surface area contributed by atoms with Crippen LogP contribution in [0.3, 0.4) is 0 Å². The minimum absolute atomic E-state index is 0.00853. The van der Waals surface area contributed by atoms with Gasteiger partial charge in [0.05, 0.1) is 38.5 Å². The smallest absolute Gasteiger partial charge is 0.355 e. The molecule has 27 heavy (non-hydrogen) atoms.